The summed E-state index contributed by atoms with van der Waals surface area (Å²) in [6.45, 7) is 0.713. The zero-order valence-electron chi connectivity index (χ0n) is 13.8. The van der Waals surface area contributed by atoms with Gasteiger partial charge in [0.15, 0.2) is 0 Å². The summed E-state index contributed by atoms with van der Waals surface area (Å²) in [4.78, 5) is -1.01. The smallest absolute Gasteiger partial charge is 0.264 e. The Labute approximate surface area is 160 Å². The van der Waals surface area contributed by atoms with Crippen LogP contribution in [0.25, 0.3) is 0 Å². The van der Waals surface area contributed by atoms with Crippen LogP contribution in [-0.2, 0) is 20.0 Å². The molecule has 1 N–H and O–H groups in total. The van der Waals surface area contributed by atoms with Crippen molar-refractivity contribution in [3.8, 4) is 0 Å². The van der Waals surface area contributed by atoms with Gasteiger partial charge in [0.1, 0.15) is 21.4 Å². The predicted molar refractivity (Wildman–Crippen MR) is 96.6 cm³/mol. The van der Waals surface area contributed by atoms with E-state index < -0.39 is 36.6 Å². The normalized spacial score (nSPS) is 15.8. The largest absolute Gasteiger partial charge is 0.279 e. The minimum atomic E-state index is -4.40. The Bertz CT molecular complexity index is 1090. The second kappa shape index (κ2) is 7.34. The van der Waals surface area contributed by atoms with E-state index in [1.54, 1.807) is 0 Å². The summed E-state index contributed by atoms with van der Waals surface area (Å²) in [5.41, 5.74) is -0.110. The van der Waals surface area contributed by atoms with E-state index in [4.69, 9.17) is 11.6 Å². The fraction of sp³-hybridized carbons (Fsp3) is 0.250. The maximum absolute atomic E-state index is 13.8. The number of anilines is 1. The number of sulfonamides is 2. The fourth-order valence-electron chi connectivity index (χ4n) is 2.74. The first-order chi connectivity index (χ1) is 12.6. The first-order valence-electron chi connectivity index (χ1n) is 7.89. The molecule has 146 valence electrons. The third-order valence-corrected chi connectivity index (χ3v) is 7.84. The van der Waals surface area contributed by atoms with Crippen LogP contribution in [0.2, 0.25) is 5.02 Å². The zero-order valence-corrected chi connectivity index (χ0v) is 16.2. The number of benzene rings is 2. The summed E-state index contributed by atoms with van der Waals surface area (Å²) in [7, 11) is -8.28. The van der Waals surface area contributed by atoms with Crippen LogP contribution < -0.4 is 4.72 Å². The molecule has 0 unspecified atom stereocenters. The molecule has 0 radical (unpaired) electrons. The molecular formula is C16H15ClF2N2O4S2. The number of rotatable bonds is 5. The van der Waals surface area contributed by atoms with Crippen molar-refractivity contribution in [2.45, 2.75) is 22.6 Å². The molecule has 2 aromatic carbocycles. The molecule has 0 aliphatic carbocycles. The lowest BCUT2D eigenvalue weighted by molar-refractivity contribution is 0.477. The molecule has 1 heterocycles. The molecule has 11 heteroatoms. The minimum absolute atomic E-state index is 0.0576. The van der Waals surface area contributed by atoms with Gasteiger partial charge in [0.25, 0.3) is 10.0 Å². The molecule has 27 heavy (non-hydrogen) atoms. The number of hydrogen-bond acceptors (Lipinski definition) is 4. The maximum Gasteiger partial charge on any atom is 0.264 e. The van der Waals surface area contributed by atoms with Crippen LogP contribution in [0, 0.1) is 11.6 Å². The van der Waals surface area contributed by atoms with E-state index in [-0.39, 0.29) is 15.6 Å². The Morgan fingerprint density at radius 3 is 2.22 bits per heavy atom. The average molecular weight is 437 g/mol. The lowest BCUT2D eigenvalue weighted by atomic mass is 10.3. The molecule has 2 aromatic rings. The molecule has 0 atom stereocenters. The van der Waals surface area contributed by atoms with Crippen LogP contribution >= 0.6 is 11.6 Å². The summed E-state index contributed by atoms with van der Waals surface area (Å²) >= 11 is 6.01. The zero-order chi connectivity index (χ0) is 19.8. The van der Waals surface area contributed by atoms with Crippen LogP contribution in [0.4, 0.5) is 14.5 Å². The van der Waals surface area contributed by atoms with Crippen LogP contribution in [0.15, 0.2) is 46.2 Å². The van der Waals surface area contributed by atoms with Crippen molar-refractivity contribution in [2.75, 3.05) is 17.8 Å². The molecule has 3 rings (SSSR count). The quantitative estimate of drug-likeness (QED) is 0.780. The van der Waals surface area contributed by atoms with Crippen molar-refractivity contribution >= 4 is 37.3 Å². The molecule has 6 nitrogen and oxygen atoms in total. The molecule has 0 amide bonds. The molecule has 0 saturated carbocycles. The highest BCUT2D eigenvalue weighted by Crippen LogP contribution is 2.30. The van der Waals surface area contributed by atoms with Gasteiger partial charge < -0.3 is 0 Å². The molecule has 1 aliphatic rings. The van der Waals surface area contributed by atoms with Crippen molar-refractivity contribution in [3.63, 3.8) is 0 Å². The highest BCUT2D eigenvalue weighted by atomic mass is 35.5. The van der Waals surface area contributed by atoms with Crippen LogP contribution in [-0.4, -0.2) is 34.2 Å². The van der Waals surface area contributed by atoms with E-state index in [2.05, 4.69) is 4.72 Å². The van der Waals surface area contributed by atoms with E-state index in [0.29, 0.717) is 19.2 Å². The first-order valence-corrected chi connectivity index (χ1v) is 11.2. The third kappa shape index (κ3) is 4.08. The number of nitrogens with zero attached hydrogens (tertiary/aromatic N) is 1. The molecular weight excluding hydrogens is 422 g/mol. The SMILES string of the molecule is O=S(=O)(Nc1ccc(Cl)c(S(=O)(=O)N2CCCC2)c1)c1ccc(F)cc1F. The van der Waals surface area contributed by atoms with Gasteiger partial charge in [0.05, 0.1) is 10.7 Å². The van der Waals surface area contributed by atoms with Crippen molar-refractivity contribution in [3.05, 3.63) is 53.1 Å². The molecule has 1 fully saturated rings. The molecule has 0 spiro atoms. The average Bonchev–Trinajstić information content (AvgIpc) is 3.11. The Balaban J connectivity index is 1.96. The van der Waals surface area contributed by atoms with Crippen molar-refractivity contribution in [2.24, 2.45) is 0 Å². The lowest BCUT2D eigenvalue weighted by Crippen LogP contribution is -2.28. The van der Waals surface area contributed by atoms with Gasteiger partial charge in [-0.05, 0) is 43.2 Å². The second-order valence-corrected chi connectivity index (χ2v) is 9.90. The van der Waals surface area contributed by atoms with E-state index in [0.717, 1.165) is 31.0 Å². The third-order valence-electron chi connectivity index (χ3n) is 4.05. The predicted octanol–water partition coefficient (Wildman–Crippen LogP) is 3.20. The van der Waals surface area contributed by atoms with Gasteiger partial charge in [-0.3, -0.25) is 4.72 Å². The Kier molecular flexibility index (Phi) is 5.44. The molecule has 1 saturated heterocycles. The van der Waals surface area contributed by atoms with Gasteiger partial charge in [0.2, 0.25) is 10.0 Å². The topological polar surface area (TPSA) is 83.5 Å². The standard InChI is InChI=1S/C16H15ClF2N2O4S2/c17-13-5-4-12(10-16(13)27(24,25)21-7-1-2-8-21)20-26(22,23)15-6-3-11(18)9-14(15)19/h3-6,9-10,20H,1-2,7-8H2. The Hall–Kier alpha value is -1.75. The first kappa shape index (κ1) is 20.0. The van der Waals surface area contributed by atoms with Crippen LogP contribution in [0.5, 0.6) is 0 Å². The minimum Gasteiger partial charge on any atom is -0.279 e. The van der Waals surface area contributed by atoms with E-state index in [1.807, 2.05) is 0 Å². The summed E-state index contributed by atoms with van der Waals surface area (Å²) in [6, 6.07) is 5.61. The van der Waals surface area contributed by atoms with E-state index in [9.17, 15) is 25.6 Å². The Morgan fingerprint density at radius 2 is 1.59 bits per heavy atom. The summed E-state index contributed by atoms with van der Waals surface area (Å²) < 4.78 is 80.3. The van der Waals surface area contributed by atoms with Crippen LogP contribution in [0.3, 0.4) is 0 Å². The lowest BCUT2D eigenvalue weighted by Gasteiger charge is -2.17. The van der Waals surface area contributed by atoms with Gasteiger partial charge in [0, 0.05) is 19.2 Å². The van der Waals surface area contributed by atoms with Crippen molar-refractivity contribution < 1.29 is 25.6 Å². The maximum atomic E-state index is 13.8. The number of nitrogens with one attached hydrogen (secondary N) is 1. The monoisotopic (exact) mass is 436 g/mol. The van der Waals surface area contributed by atoms with Crippen molar-refractivity contribution in [1.29, 1.82) is 0 Å². The summed E-state index contributed by atoms with van der Waals surface area (Å²) in [5.74, 6) is -2.18. The summed E-state index contributed by atoms with van der Waals surface area (Å²) in [5, 5.41) is -0.0576. The number of hydrogen-bond donors (Lipinski definition) is 1. The highest BCUT2D eigenvalue weighted by Gasteiger charge is 2.30. The highest BCUT2D eigenvalue weighted by molar-refractivity contribution is 7.92. The van der Waals surface area contributed by atoms with Crippen LogP contribution in [0.1, 0.15) is 12.8 Å². The van der Waals surface area contributed by atoms with Crippen molar-refractivity contribution in [1.82, 2.24) is 4.31 Å². The molecule has 1 aliphatic heterocycles. The van der Waals surface area contributed by atoms with Gasteiger partial charge >= 0.3 is 0 Å². The summed E-state index contributed by atoms with van der Waals surface area (Å²) in [6.07, 6.45) is 1.46. The van der Waals surface area contributed by atoms with E-state index in [1.165, 1.54) is 16.4 Å². The van der Waals surface area contributed by atoms with E-state index >= 15 is 0 Å². The Morgan fingerprint density at radius 1 is 0.926 bits per heavy atom. The fourth-order valence-corrected chi connectivity index (χ4v) is 5.86. The molecule has 0 bridgehead atoms. The van der Waals surface area contributed by atoms with Gasteiger partial charge in [-0.2, -0.15) is 4.31 Å². The van der Waals surface area contributed by atoms with Gasteiger partial charge in [-0.1, -0.05) is 11.6 Å². The van der Waals surface area contributed by atoms with Gasteiger partial charge in [-0.25, -0.2) is 25.6 Å². The second-order valence-electron chi connectivity index (χ2n) is 5.94. The van der Waals surface area contributed by atoms with Gasteiger partial charge in [-0.15, -0.1) is 0 Å². The molecule has 0 aromatic heterocycles. The number of halogens is 3.